The third-order valence-corrected chi connectivity index (χ3v) is 2.91. The minimum absolute atomic E-state index is 0. The number of hydrogen-bond donors (Lipinski definition) is 2. The SMILES string of the molecule is CCC(C)[C@@H](N)c1cc(F)cc(C)c1O.Cl. The second-order valence-electron chi connectivity index (χ2n) is 4.07. The molecule has 3 N–H and O–H groups in total. The highest BCUT2D eigenvalue weighted by atomic mass is 35.5. The van der Waals surface area contributed by atoms with Gasteiger partial charge in [-0.05, 0) is 30.5 Å². The van der Waals surface area contributed by atoms with Gasteiger partial charge in [-0.15, -0.1) is 12.4 Å². The number of phenols is 1. The van der Waals surface area contributed by atoms with Gasteiger partial charge in [0.15, 0.2) is 0 Å². The molecule has 0 saturated carbocycles. The molecule has 0 radical (unpaired) electrons. The molecule has 0 heterocycles. The Morgan fingerprint density at radius 2 is 2.00 bits per heavy atom. The van der Waals surface area contributed by atoms with Gasteiger partial charge in [0, 0.05) is 11.6 Å². The van der Waals surface area contributed by atoms with E-state index in [1.54, 1.807) is 6.92 Å². The quantitative estimate of drug-likeness (QED) is 0.861. The number of hydrogen-bond acceptors (Lipinski definition) is 2. The van der Waals surface area contributed by atoms with Crippen LogP contribution in [0.5, 0.6) is 5.75 Å². The predicted octanol–water partition coefficient (Wildman–Crippen LogP) is 3.31. The van der Waals surface area contributed by atoms with Crippen molar-refractivity contribution in [1.82, 2.24) is 0 Å². The van der Waals surface area contributed by atoms with E-state index in [4.69, 9.17) is 5.73 Å². The Balaban J connectivity index is 0.00000225. The third-order valence-electron chi connectivity index (χ3n) is 2.91. The lowest BCUT2D eigenvalue weighted by Crippen LogP contribution is -2.19. The van der Waals surface area contributed by atoms with Crippen molar-refractivity contribution in [1.29, 1.82) is 0 Å². The van der Waals surface area contributed by atoms with Gasteiger partial charge in [-0.25, -0.2) is 4.39 Å². The first-order valence-electron chi connectivity index (χ1n) is 5.22. The number of aryl methyl sites for hydroxylation is 1. The number of phenolic OH excluding ortho intramolecular Hbond substituents is 1. The standard InChI is InChI=1S/C12H18FNO.ClH/c1-4-7(2)11(14)10-6-9(13)5-8(3)12(10)15;/h5-7,11,15H,4,14H2,1-3H3;1H/t7?,11-;/m1./s1. The molecule has 1 rings (SSSR count). The van der Waals surface area contributed by atoms with Crippen molar-refractivity contribution in [3.05, 3.63) is 29.1 Å². The van der Waals surface area contributed by atoms with E-state index in [2.05, 4.69) is 0 Å². The van der Waals surface area contributed by atoms with Crippen LogP contribution in [0.2, 0.25) is 0 Å². The molecule has 4 heteroatoms. The predicted molar refractivity (Wildman–Crippen MR) is 66.4 cm³/mol. The molecule has 1 aromatic carbocycles. The van der Waals surface area contributed by atoms with Gasteiger partial charge in [-0.1, -0.05) is 20.3 Å². The van der Waals surface area contributed by atoms with Crippen LogP contribution in [0.15, 0.2) is 12.1 Å². The summed E-state index contributed by atoms with van der Waals surface area (Å²) in [6, 6.07) is 2.31. The minimum Gasteiger partial charge on any atom is -0.507 e. The van der Waals surface area contributed by atoms with Gasteiger partial charge in [-0.2, -0.15) is 0 Å². The second-order valence-corrected chi connectivity index (χ2v) is 4.07. The topological polar surface area (TPSA) is 46.2 Å². The molecule has 0 saturated heterocycles. The van der Waals surface area contributed by atoms with E-state index in [9.17, 15) is 9.50 Å². The zero-order valence-electron chi connectivity index (χ0n) is 9.83. The van der Waals surface area contributed by atoms with Gasteiger partial charge in [0.25, 0.3) is 0 Å². The van der Waals surface area contributed by atoms with E-state index in [0.29, 0.717) is 11.1 Å². The first-order chi connectivity index (χ1) is 6.97. The molecule has 0 aliphatic heterocycles. The highest BCUT2D eigenvalue weighted by Crippen LogP contribution is 2.32. The van der Waals surface area contributed by atoms with E-state index in [1.807, 2.05) is 13.8 Å². The largest absolute Gasteiger partial charge is 0.507 e. The Morgan fingerprint density at radius 3 is 2.50 bits per heavy atom. The maximum absolute atomic E-state index is 13.2. The number of benzene rings is 1. The molecule has 2 atom stereocenters. The molecule has 2 nitrogen and oxygen atoms in total. The molecule has 0 fully saturated rings. The molecular weight excluding hydrogens is 229 g/mol. The van der Waals surface area contributed by atoms with Crippen molar-refractivity contribution in [2.75, 3.05) is 0 Å². The lowest BCUT2D eigenvalue weighted by molar-refractivity contribution is 0.414. The molecule has 0 aromatic heterocycles. The molecule has 92 valence electrons. The fraction of sp³-hybridized carbons (Fsp3) is 0.500. The molecule has 0 bridgehead atoms. The summed E-state index contributed by atoms with van der Waals surface area (Å²) >= 11 is 0. The Hall–Kier alpha value is -0.800. The van der Waals surface area contributed by atoms with Crippen LogP contribution in [-0.2, 0) is 0 Å². The van der Waals surface area contributed by atoms with E-state index in [0.717, 1.165) is 6.42 Å². The van der Waals surface area contributed by atoms with Gasteiger partial charge < -0.3 is 10.8 Å². The van der Waals surface area contributed by atoms with Crippen LogP contribution < -0.4 is 5.73 Å². The van der Waals surface area contributed by atoms with Crippen LogP contribution in [0.25, 0.3) is 0 Å². The van der Waals surface area contributed by atoms with Crippen molar-refractivity contribution >= 4 is 12.4 Å². The third kappa shape index (κ3) is 3.09. The number of aromatic hydroxyl groups is 1. The van der Waals surface area contributed by atoms with Crippen LogP contribution in [0.4, 0.5) is 4.39 Å². The fourth-order valence-electron chi connectivity index (χ4n) is 1.58. The highest BCUT2D eigenvalue weighted by molar-refractivity contribution is 5.85. The van der Waals surface area contributed by atoms with Gasteiger partial charge in [0.05, 0.1) is 0 Å². The molecule has 1 aromatic rings. The Kier molecular flexibility index (Phi) is 5.76. The molecule has 0 aliphatic carbocycles. The van der Waals surface area contributed by atoms with Crippen LogP contribution in [-0.4, -0.2) is 5.11 Å². The lowest BCUT2D eigenvalue weighted by Gasteiger charge is -2.20. The van der Waals surface area contributed by atoms with Crippen LogP contribution in [0, 0.1) is 18.7 Å². The minimum atomic E-state index is -0.348. The van der Waals surface area contributed by atoms with Crippen molar-refractivity contribution in [3.8, 4) is 5.75 Å². The number of rotatable bonds is 3. The zero-order chi connectivity index (χ0) is 11.6. The molecule has 0 spiro atoms. The monoisotopic (exact) mass is 247 g/mol. The summed E-state index contributed by atoms with van der Waals surface area (Å²) in [7, 11) is 0. The van der Waals surface area contributed by atoms with Crippen LogP contribution >= 0.6 is 12.4 Å². The summed E-state index contributed by atoms with van der Waals surface area (Å²) in [5.41, 5.74) is 6.99. The number of halogens is 2. The molecule has 1 unspecified atom stereocenters. The maximum atomic E-state index is 13.2. The Bertz CT molecular complexity index is 357. The lowest BCUT2D eigenvalue weighted by atomic mass is 9.91. The summed E-state index contributed by atoms with van der Waals surface area (Å²) in [5.74, 6) is -0.0136. The van der Waals surface area contributed by atoms with E-state index in [-0.39, 0.29) is 35.9 Å². The summed E-state index contributed by atoms with van der Waals surface area (Å²) in [4.78, 5) is 0. The fourth-order valence-corrected chi connectivity index (χ4v) is 1.58. The normalized spacial score (nSPS) is 14.1. The average Bonchev–Trinajstić information content (AvgIpc) is 2.21. The van der Waals surface area contributed by atoms with Crippen molar-refractivity contribution in [2.24, 2.45) is 11.7 Å². The molecule has 0 amide bonds. The average molecular weight is 248 g/mol. The van der Waals surface area contributed by atoms with Crippen molar-refractivity contribution < 1.29 is 9.50 Å². The van der Waals surface area contributed by atoms with Crippen LogP contribution in [0.3, 0.4) is 0 Å². The van der Waals surface area contributed by atoms with Gasteiger partial charge in [-0.3, -0.25) is 0 Å². The maximum Gasteiger partial charge on any atom is 0.124 e. The van der Waals surface area contributed by atoms with E-state index < -0.39 is 0 Å². The van der Waals surface area contributed by atoms with Crippen molar-refractivity contribution in [3.63, 3.8) is 0 Å². The first-order valence-corrected chi connectivity index (χ1v) is 5.22. The van der Waals surface area contributed by atoms with Crippen LogP contribution in [0.1, 0.15) is 37.4 Å². The van der Waals surface area contributed by atoms with E-state index >= 15 is 0 Å². The first kappa shape index (κ1) is 15.2. The number of nitrogens with two attached hydrogens (primary N) is 1. The molecule has 16 heavy (non-hydrogen) atoms. The zero-order valence-corrected chi connectivity index (χ0v) is 10.6. The molecule has 0 aliphatic rings. The second kappa shape index (κ2) is 6.06. The highest BCUT2D eigenvalue weighted by Gasteiger charge is 2.18. The van der Waals surface area contributed by atoms with Crippen molar-refractivity contribution in [2.45, 2.75) is 33.2 Å². The Labute approximate surface area is 102 Å². The molecular formula is C12H19ClFNO. The van der Waals surface area contributed by atoms with Gasteiger partial charge in [0.2, 0.25) is 0 Å². The Morgan fingerprint density at radius 1 is 1.44 bits per heavy atom. The van der Waals surface area contributed by atoms with Gasteiger partial charge >= 0.3 is 0 Å². The smallest absolute Gasteiger partial charge is 0.124 e. The van der Waals surface area contributed by atoms with E-state index in [1.165, 1.54) is 12.1 Å². The summed E-state index contributed by atoms with van der Waals surface area (Å²) in [6.45, 7) is 5.68. The summed E-state index contributed by atoms with van der Waals surface area (Å²) in [5, 5.41) is 9.79. The summed E-state index contributed by atoms with van der Waals surface area (Å²) in [6.07, 6.45) is 0.899. The van der Waals surface area contributed by atoms with Gasteiger partial charge in [0.1, 0.15) is 11.6 Å². The summed E-state index contributed by atoms with van der Waals surface area (Å²) < 4.78 is 13.2.